The number of carbonyl (C=O) groups is 1. The number of benzene rings is 2. The monoisotopic (exact) mass is 408 g/mol. The quantitative estimate of drug-likeness (QED) is 0.733. The first-order valence-electron chi connectivity index (χ1n) is 8.66. The second-order valence-corrected chi connectivity index (χ2v) is 8.57. The molecule has 3 rings (SSSR count). The summed E-state index contributed by atoms with van der Waals surface area (Å²) in [6, 6.07) is 11.5. The summed E-state index contributed by atoms with van der Waals surface area (Å²) in [5.74, 6) is 0.341. The van der Waals surface area contributed by atoms with Crippen LogP contribution in [0.3, 0.4) is 0 Å². The Kier molecular flexibility index (Phi) is 6.04. The van der Waals surface area contributed by atoms with Gasteiger partial charge in [-0.05, 0) is 48.6 Å². The predicted molar refractivity (Wildman–Crippen MR) is 104 cm³/mol. The molecule has 0 saturated heterocycles. The molecule has 0 radical (unpaired) electrons. The molecule has 144 valence electrons. The van der Waals surface area contributed by atoms with Gasteiger partial charge in [0, 0.05) is 10.7 Å². The van der Waals surface area contributed by atoms with Crippen molar-refractivity contribution in [2.75, 3.05) is 11.9 Å². The third-order valence-corrected chi connectivity index (χ3v) is 5.84. The van der Waals surface area contributed by atoms with Crippen molar-refractivity contribution in [3.8, 4) is 5.75 Å². The number of carbonyl (C=O) groups excluding carboxylic acids is 1. The van der Waals surface area contributed by atoms with Crippen LogP contribution in [-0.4, -0.2) is 20.9 Å². The average molecular weight is 409 g/mol. The Morgan fingerprint density at radius 1 is 1.22 bits per heavy atom. The fourth-order valence-corrected chi connectivity index (χ4v) is 3.72. The van der Waals surface area contributed by atoms with E-state index in [1.807, 2.05) is 0 Å². The van der Waals surface area contributed by atoms with Gasteiger partial charge >= 0.3 is 0 Å². The van der Waals surface area contributed by atoms with Crippen LogP contribution in [0.1, 0.15) is 24.8 Å². The molecule has 0 unspecified atom stereocenters. The third kappa shape index (κ3) is 5.22. The summed E-state index contributed by atoms with van der Waals surface area (Å²) in [5, 5.41) is 8.48. The van der Waals surface area contributed by atoms with Crippen LogP contribution < -0.4 is 15.2 Å². The van der Waals surface area contributed by atoms with E-state index in [4.69, 9.17) is 21.5 Å². The zero-order valence-electron chi connectivity index (χ0n) is 14.7. The van der Waals surface area contributed by atoms with Crippen molar-refractivity contribution in [2.24, 2.45) is 11.1 Å². The maximum absolute atomic E-state index is 12.3. The highest BCUT2D eigenvalue weighted by molar-refractivity contribution is 7.89. The van der Waals surface area contributed by atoms with Crippen molar-refractivity contribution < 1.29 is 17.9 Å². The molecule has 27 heavy (non-hydrogen) atoms. The van der Waals surface area contributed by atoms with Gasteiger partial charge in [0.15, 0.2) is 0 Å². The molecule has 0 heterocycles. The van der Waals surface area contributed by atoms with Gasteiger partial charge in [-0.1, -0.05) is 36.2 Å². The minimum absolute atomic E-state index is 0.0737. The van der Waals surface area contributed by atoms with Crippen molar-refractivity contribution >= 4 is 33.2 Å². The Morgan fingerprint density at radius 2 is 1.96 bits per heavy atom. The number of halogens is 1. The van der Waals surface area contributed by atoms with Gasteiger partial charge in [0.25, 0.3) is 0 Å². The van der Waals surface area contributed by atoms with Gasteiger partial charge in [0.1, 0.15) is 10.6 Å². The second-order valence-electron chi connectivity index (χ2n) is 6.63. The Bertz CT molecular complexity index is 942. The highest BCUT2D eigenvalue weighted by Crippen LogP contribution is 2.31. The molecule has 6 nitrogen and oxygen atoms in total. The van der Waals surface area contributed by atoms with Crippen LogP contribution in [-0.2, 0) is 21.2 Å². The van der Waals surface area contributed by atoms with Crippen LogP contribution in [0.4, 0.5) is 5.69 Å². The smallest absolute Gasteiger partial charge is 0.241 e. The molecule has 2 aromatic rings. The summed E-state index contributed by atoms with van der Waals surface area (Å²) in [6.07, 6.45) is 3.42. The summed E-state index contributed by atoms with van der Waals surface area (Å²) in [6.45, 7) is 0.459. The van der Waals surface area contributed by atoms with E-state index in [0.717, 1.165) is 12.8 Å². The molecular weight excluding hydrogens is 388 g/mol. The zero-order chi connectivity index (χ0) is 19.4. The molecule has 1 amide bonds. The maximum Gasteiger partial charge on any atom is 0.241 e. The summed E-state index contributed by atoms with van der Waals surface area (Å²) in [4.78, 5) is 12.1. The van der Waals surface area contributed by atoms with E-state index in [2.05, 4.69) is 5.32 Å². The van der Waals surface area contributed by atoms with Crippen molar-refractivity contribution in [3.05, 3.63) is 53.1 Å². The van der Waals surface area contributed by atoms with E-state index in [1.54, 1.807) is 30.3 Å². The molecule has 0 spiro atoms. The zero-order valence-corrected chi connectivity index (χ0v) is 16.2. The first-order chi connectivity index (χ1) is 12.8. The Hall–Kier alpha value is -2.09. The molecule has 0 aromatic heterocycles. The number of nitrogens with one attached hydrogen (secondary N) is 1. The van der Waals surface area contributed by atoms with Gasteiger partial charge in [0.05, 0.1) is 13.0 Å². The summed E-state index contributed by atoms with van der Waals surface area (Å²) in [7, 11) is -3.99. The van der Waals surface area contributed by atoms with Crippen LogP contribution in [0.15, 0.2) is 47.4 Å². The lowest BCUT2D eigenvalue weighted by Gasteiger charge is -2.25. The van der Waals surface area contributed by atoms with Gasteiger partial charge in [-0.15, -0.1) is 0 Å². The Balaban J connectivity index is 1.73. The average Bonchev–Trinajstić information content (AvgIpc) is 2.55. The molecule has 0 aliphatic heterocycles. The van der Waals surface area contributed by atoms with Gasteiger partial charge in [-0.25, -0.2) is 13.6 Å². The summed E-state index contributed by atoms with van der Waals surface area (Å²) in [5.41, 5.74) is 1.01. The van der Waals surface area contributed by atoms with Crippen LogP contribution in [0, 0.1) is 5.92 Å². The molecule has 1 saturated carbocycles. The highest BCUT2D eigenvalue weighted by atomic mass is 35.5. The Labute approximate surface area is 163 Å². The van der Waals surface area contributed by atoms with Gasteiger partial charge < -0.3 is 10.1 Å². The number of ether oxygens (including phenoxy) is 1. The Morgan fingerprint density at radius 3 is 2.59 bits per heavy atom. The van der Waals surface area contributed by atoms with E-state index in [1.165, 1.54) is 18.6 Å². The molecule has 2 aromatic carbocycles. The van der Waals surface area contributed by atoms with Gasteiger partial charge in [-0.2, -0.15) is 0 Å². The first-order valence-corrected chi connectivity index (χ1v) is 10.6. The molecule has 1 fully saturated rings. The minimum atomic E-state index is -3.99. The van der Waals surface area contributed by atoms with Crippen molar-refractivity contribution in [3.63, 3.8) is 0 Å². The fraction of sp³-hybridized carbons (Fsp3) is 0.316. The van der Waals surface area contributed by atoms with Crippen LogP contribution >= 0.6 is 11.6 Å². The standard InChI is InChI=1S/C19H21ClN2O4S/c20-16-7-2-1-6-14(16)10-19(23)22-15-8-9-17(18(11-15)27(21,24)25)26-12-13-4-3-5-13/h1-2,6-9,11,13H,3-5,10,12H2,(H,22,23)(H2,21,24,25). The lowest BCUT2D eigenvalue weighted by atomic mass is 9.86. The lowest BCUT2D eigenvalue weighted by molar-refractivity contribution is -0.115. The molecule has 1 aliphatic carbocycles. The highest BCUT2D eigenvalue weighted by Gasteiger charge is 2.21. The third-order valence-electron chi connectivity index (χ3n) is 4.54. The van der Waals surface area contributed by atoms with Crippen molar-refractivity contribution in [1.82, 2.24) is 0 Å². The lowest BCUT2D eigenvalue weighted by Crippen LogP contribution is -2.21. The fourth-order valence-electron chi connectivity index (χ4n) is 2.81. The van der Waals surface area contributed by atoms with Crippen LogP contribution in [0.25, 0.3) is 0 Å². The molecule has 3 N–H and O–H groups in total. The number of hydrogen-bond acceptors (Lipinski definition) is 4. The number of hydrogen-bond donors (Lipinski definition) is 2. The second kappa shape index (κ2) is 8.29. The molecule has 8 heteroatoms. The molecular formula is C19H21ClN2O4S. The first kappa shape index (κ1) is 19.7. The molecule has 0 atom stereocenters. The van der Waals surface area contributed by atoms with Crippen molar-refractivity contribution in [2.45, 2.75) is 30.6 Å². The molecule has 0 bridgehead atoms. The number of amides is 1. The number of sulfonamides is 1. The largest absolute Gasteiger partial charge is 0.492 e. The molecule has 1 aliphatic rings. The van der Waals surface area contributed by atoms with E-state index >= 15 is 0 Å². The van der Waals surface area contributed by atoms with Gasteiger partial charge in [0.2, 0.25) is 15.9 Å². The number of anilines is 1. The van der Waals surface area contributed by atoms with E-state index in [-0.39, 0.29) is 23.0 Å². The number of primary sulfonamides is 1. The van der Waals surface area contributed by atoms with Crippen molar-refractivity contribution in [1.29, 1.82) is 0 Å². The maximum atomic E-state index is 12.3. The normalized spacial score (nSPS) is 14.4. The van der Waals surface area contributed by atoms with E-state index < -0.39 is 10.0 Å². The number of nitrogens with two attached hydrogens (primary N) is 1. The van der Waals surface area contributed by atoms with E-state index in [0.29, 0.717) is 28.8 Å². The van der Waals surface area contributed by atoms with Crippen LogP contribution in [0.2, 0.25) is 5.02 Å². The summed E-state index contributed by atoms with van der Waals surface area (Å²) >= 11 is 6.06. The SMILES string of the molecule is NS(=O)(=O)c1cc(NC(=O)Cc2ccccc2Cl)ccc1OCC1CCC1. The van der Waals surface area contributed by atoms with E-state index in [9.17, 15) is 13.2 Å². The predicted octanol–water partition coefficient (Wildman–Crippen LogP) is 3.35. The topological polar surface area (TPSA) is 98.5 Å². The summed E-state index contributed by atoms with van der Waals surface area (Å²) < 4.78 is 29.5. The van der Waals surface area contributed by atoms with Gasteiger partial charge in [-0.3, -0.25) is 4.79 Å². The van der Waals surface area contributed by atoms with Crippen LogP contribution in [0.5, 0.6) is 5.75 Å². The minimum Gasteiger partial charge on any atom is -0.492 e. The number of rotatable bonds is 7.